The molecule has 1 saturated heterocycles. The Balaban J connectivity index is 1.87. The number of carbonyl (C=O) groups is 2. The first kappa shape index (κ1) is 28.5. The summed E-state index contributed by atoms with van der Waals surface area (Å²) in [6.07, 6.45) is -4.58. The highest BCUT2D eigenvalue weighted by atomic mass is 19.4. The average Bonchev–Trinajstić information content (AvgIpc) is 3.18. The quantitative estimate of drug-likeness (QED) is 0.194. The first-order valence-electron chi connectivity index (χ1n) is 12.6. The lowest BCUT2D eigenvalue weighted by atomic mass is 9.94. The van der Waals surface area contributed by atoms with Crippen molar-refractivity contribution in [3.63, 3.8) is 0 Å². The second kappa shape index (κ2) is 11.7. The number of methoxy groups -OCH3 is 1. The fourth-order valence-electron chi connectivity index (χ4n) is 4.59. The Morgan fingerprint density at radius 1 is 0.925 bits per heavy atom. The Hall–Kier alpha value is -4.47. The highest BCUT2D eigenvalue weighted by molar-refractivity contribution is 6.46. The molecule has 4 rings (SSSR count). The normalized spacial score (nSPS) is 16.8. The minimum absolute atomic E-state index is 0.167. The van der Waals surface area contributed by atoms with Crippen molar-refractivity contribution in [2.24, 2.45) is 0 Å². The van der Waals surface area contributed by atoms with Crippen molar-refractivity contribution in [3.05, 3.63) is 94.6 Å². The minimum atomic E-state index is -4.58. The van der Waals surface area contributed by atoms with Gasteiger partial charge in [0.05, 0.1) is 43.1 Å². The number of ketones is 1. The molecule has 1 fully saturated rings. The van der Waals surface area contributed by atoms with Crippen LogP contribution < -0.4 is 14.2 Å². The summed E-state index contributed by atoms with van der Waals surface area (Å²) >= 11 is 0. The fraction of sp³-hybridized carbons (Fsp3) is 0.267. The SMILES string of the molecule is CCOc1ccc(/C(O)=C2/C(=O)C(=O)N(Cc3cccc(C(F)(F)F)c3)C2c2ccc(OC)cc2)c(OCC)c1. The van der Waals surface area contributed by atoms with Gasteiger partial charge in [-0.3, -0.25) is 9.59 Å². The minimum Gasteiger partial charge on any atom is -0.507 e. The highest BCUT2D eigenvalue weighted by Crippen LogP contribution is 2.43. The molecule has 1 amide bonds. The van der Waals surface area contributed by atoms with Crippen LogP contribution in [0.25, 0.3) is 5.76 Å². The van der Waals surface area contributed by atoms with Gasteiger partial charge in [0.15, 0.2) is 0 Å². The second-order valence-electron chi connectivity index (χ2n) is 8.92. The van der Waals surface area contributed by atoms with E-state index < -0.39 is 35.2 Å². The molecule has 210 valence electrons. The van der Waals surface area contributed by atoms with Crippen LogP contribution in [0, 0.1) is 0 Å². The number of halogens is 3. The van der Waals surface area contributed by atoms with Gasteiger partial charge in [0.1, 0.15) is 23.0 Å². The molecule has 40 heavy (non-hydrogen) atoms. The maximum Gasteiger partial charge on any atom is 0.416 e. The van der Waals surface area contributed by atoms with E-state index in [0.717, 1.165) is 17.0 Å². The van der Waals surface area contributed by atoms with Crippen molar-refractivity contribution in [2.45, 2.75) is 32.6 Å². The summed E-state index contributed by atoms with van der Waals surface area (Å²) in [5.41, 5.74) is -0.296. The van der Waals surface area contributed by atoms with Gasteiger partial charge >= 0.3 is 6.18 Å². The smallest absolute Gasteiger partial charge is 0.416 e. The molecule has 0 saturated carbocycles. The zero-order valence-corrected chi connectivity index (χ0v) is 22.1. The van der Waals surface area contributed by atoms with Crippen LogP contribution >= 0.6 is 0 Å². The Morgan fingerprint density at radius 2 is 1.60 bits per heavy atom. The van der Waals surface area contributed by atoms with Crippen LogP contribution in [-0.4, -0.2) is 42.0 Å². The maximum absolute atomic E-state index is 13.4. The number of hydrogen-bond acceptors (Lipinski definition) is 6. The van der Waals surface area contributed by atoms with E-state index >= 15 is 0 Å². The van der Waals surface area contributed by atoms with E-state index in [1.54, 1.807) is 43.3 Å². The Morgan fingerprint density at radius 3 is 2.23 bits per heavy atom. The van der Waals surface area contributed by atoms with Gasteiger partial charge in [-0.25, -0.2) is 0 Å². The van der Waals surface area contributed by atoms with E-state index in [1.165, 1.54) is 25.3 Å². The summed E-state index contributed by atoms with van der Waals surface area (Å²) in [6.45, 7) is 3.91. The van der Waals surface area contributed by atoms with Crippen LogP contribution in [-0.2, 0) is 22.3 Å². The van der Waals surface area contributed by atoms with Gasteiger partial charge in [-0.2, -0.15) is 13.2 Å². The zero-order valence-electron chi connectivity index (χ0n) is 22.1. The molecule has 0 aliphatic carbocycles. The summed E-state index contributed by atoms with van der Waals surface area (Å²) in [5, 5.41) is 11.5. The van der Waals surface area contributed by atoms with Crippen LogP contribution in [0.5, 0.6) is 17.2 Å². The Kier molecular flexibility index (Phi) is 8.37. The zero-order chi connectivity index (χ0) is 29.0. The van der Waals surface area contributed by atoms with Crippen LogP contribution in [0.3, 0.4) is 0 Å². The van der Waals surface area contributed by atoms with Gasteiger partial charge in [0.25, 0.3) is 11.7 Å². The van der Waals surface area contributed by atoms with Crippen LogP contribution in [0.4, 0.5) is 13.2 Å². The molecule has 0 spiro atoms. The van der Waals surface area contributed by atoms with Gasteiger partial charge in [0.2, 0.25) is 0 Å². The monoisotopic (exact) mass is 555 g/mol. The molecule has 1 aliphatic rings. The Bertz CT molecular complexity index is 1430. The number of aliphatic hydroxyl groups excluding tert-OH is 1. The van der Waals surface area contributed by atoms with Crippen molar-refractivity contribution in [1.29, 1.82) is 0 Å². The molecular formula is C30H28F3NO6. The largest absolute Gasteiger partial charge is 0.507 e. The van der Waals surface area contributed by atoms with Gasteiger partial charge in [-0.05, 0) is 61.4 Å². The number of likely N-dealkylation sites (tertiary alicyclic amines) is 1. The lowest BCUT2D eigenvalue weighted by molar-refractivity contribution is -0.140. The van der Waals surface area contributed by atoms with E-state index in [-0.39, 0.29) is 35.6 Å². The number of aliphatic hydroxyl groups is 1. The molecule has 1 heterocycles. The van der Waals surface area contributed by atoms with Crippen LogP contribution in [0.2, 0.25) is 0 Å². The van der Waals surface area contributed by atoms with E-state index in [0.29, 0.717) is 23.7 Å². The average molecular weight is 556 g/mol. The topological polar surface area (TPSA) is 85.3 Å². The number of hydrogen-bond donors (Lipinski definition) is 1. The van der Waals surface area contributed by atoms with Crippen molar-refractivity contribution in [1.82, 2.24) is 4.90 Å². The third-order valence-corrected chi connectivity index (χ3v) is 6.40. The molecule has 1 N–H and O–H groups in total. The number of alkyl halides is 3. The van der Waals surface area contributed by atoms with E-state index in [4.69, 9.17) is 14.2 Å². The van der Waals surface area contributed by atoms with Crippen molar-refractivity contribution in [2.75, 3.05) is 20.3 Å². The molecule has 0 bridgehead atoms. The molecular weight excluding hydrogens is 527 g/mol. The van der Waals surface area contributed by atoms with Gasteiger partial charge in [-0.1, -0.05) is 24.3 Å². The first-order chi connectivity index (χ1) is 19.1. The lowest BCUT2D eigenvalue weighted by Gasteiger charge is -2.26. The van der Waals surface area contributed by atoms with Crippen LogP contribution in [0.15, 0.2) is 72.3 Å². The highest BCUT2D eigenvalue weighted by Gasteiger charge is 2.46. The molecule has 1 unspecified atom stereocenters. The Labute approximate surface area is 229 Å². The number of ether oxygens (including phenoxy) is 3. The molecule has 3 aromatic rings. The molecule has 10 heteroatoms. The van der Waals surface area contributed by atoms with Crippen molar-refractivity contribution >= 4 is 17.4 Å². The van der Waals surface area contributed by atoms with E-state index in [9.17, 15) is 27.9 Å². The summed E-state index contributed by atoms with van der Waals surface area (Å²) in [5.74, 6) is -1.16. The number of rotatable bonds is 9. The molecule has 1 atom stereocenters. The lowest BCUT2D eigenvalue weighted by Crippen LogP contribution is -2.29. The van der Waals surface area contributed by atoms with Gasteiger partial charge < -0.3 is 24.2 Å². The summed E-state index contributed by atoms with van der Waals surface area (Å²) in [7, 11) is 1.48. The summed E-state index contributed by atoms with van der Waals surface area (Å²) in [4.78, 5) is 27.9. The third-order valence-electron chi connectivity index (χ3n) is 6.40. The standard InChI is InChI=1S/C30H28F3NO6/c1-4-39-22-13-14-23(24(16-22)40-5-2)27(35)25-26(19-9-11-21(38-3)12-10-19)34(29(37)28(25)36)17-18-7-6-8-20(15-18)30(31,32)33/h6-16,26,35H,4-5,17H2,1-3H3/b27-25-. The number of Topliss-reactive ketones (excluding diaryl/α,β-unsaturated/α-hetero) is 1. The number of benzene rings is 3. The van der Waals surface area contributed by atoms with E-state index in [2.05, 4.69) is 0 Å². The van der Waals surface area contributed by atoms with Crippen LogP contribution in [0.1, 0.15) is 42.1 Å². The summed E-state index contributed by atoms with van der Waals surface area (Å²) < 4.78 is 56.5. The first-order valence-corrected chi connectivity index (χ1v) is 12.6. The molecule has 3 aromatic carbocycles. The molecule has 0 radical (unpaired) electrons. The van der Waals surface area contributed by atoms with E-state index in [1.807, 2.05) is 6.92 Å². The predicted octanol–water partition coefficient (Wildman–Crippen LogP) is 6.13. The molecule has 1 aliphatic heterocycles. The number of carbonyl (C=O) groups excluding carboxylic acids is 2. The van der Waals surface area contributed by atoms with Crippen molar-refractivity contribution < 1.29 is 42.1 Å². The predicted molar refractivity (Wildman–Crippen MR) is 141 cm³/mol. The summed E-state index contributed by atoms with van der Waals surface area (Å²) in [6, 6.07) is 14.7. The van der Waals surface area contributed by atoms with Gasteiger partial charge in [0, 0.05) is 12.6 Å². The fourth-order valence-corrected chi connectivity index (χ4v) is 4.59. The maximum atomic E-state index is 13.4. The van der Waals surface area contributed by atoms with Gasteiger partial charge in [-0.15, -0.1) is 0 Å². The third kappa shape index (κ3) is 5.75. The second-order valence-corrected chi connectivity index (χ2v) is 8.92. The number of nitrogens with zero attached hydrogens (tertiary/aromatic N) is 1. The molecule has 7 nitrogen and oxygen atoms in total. The number of amides is 1. The molecule has 0 aromatic heterocycles. The van der Waals surface area contributed by atoms with Crippen molar-refractivity contribution in [3.8, 4) is 17.2 Å².